The number of aliphatic hydroxyl groups is 1. The first-order valence-electron chi connectivity index (χ1n) is 4.67. The predicted molar refractivity (Wildman–Crippen MR) is 47.0 cm³/mol. The Kier molecular flexibility index (Phi) is 3.00. The van der Waals surface area contributed by atoms with E-state index in [2.05, 4.69) is 5.32 Å². The van der Waals surface area contributed by atoms with Gasteiger partial charge in [-0.15, -0.1) is 0 Å². The normalized spacial score (nSPS) is 29.5. The van der Waals surface area contributed by atoms with Crippen molar-refractivity contribution in [1.82, 2.24) is 5.32 Å². The van der Waals surface area contributed by atoms with Gasteiger partial charge in [0, 0.05) is 11.5 Å². The Bertz CT molecular complexity index is 263. The zero-order valence-electron chi connectivity index (χ0n) is 8.56. The summed E-state index contributed by atoms with van der Waals surface area (Å²) in [5.41, 5.74) is -0.540. The van der Waals surface area contributed by atoms with Gasteiger partial charge in [0.25, 0.3) is 0 Å². The molecule has 0 aromatic carbocycles. The van der Waals surface area contributed by atoms with Crippen molar-refractivity contribution in [2.24, 2.45) is 5.41 Å². The van der Waals surface area contributed by atoms with Gasteiger partial charge in [0.05, 0.1) is 6.10 Å². The number of aliphatic hydroxyl groups excluding tert-OH is 1. The fourth-order valence-corrected chi connectivity index (χ4v) is 1.57. The molecule has 1 rings (SSSR count). The second-order valence-corrected chi connectivity index (χ2v) is 4.48. The number of carbonyl (C=O) groups is 1. The lowest BCUT2D eigenvalue weighted by Crippen LogP contribution is -2.61. The molecule has 1 aliphatic carbocycles. The lowest BCUT2D eigenvalue weighted by atomic mass is 9.64. The van der Waals surface area contributed by atoms with E-state index < -0.39 is 30.0 Å². The number of carbonyl (C=O) groups excluding carboxylic acids is 1. The van der Waals surface area contributed by atoms with Crippen LogP contribution in [-0.4, -0.2) is 29.3 Å². The molecule has 2 N–H and O–H groups in total. The van der Waals surface area contributed by atoms with Gasteiger partial charge in [0.2, 0.25) is 5.91 Å². The smallest absolute Gasteiger partial charge is 0.392 e. The largest absolute Gasteiger partial charge is 0.397 e. The molecule has 0 spiro atoms. The zero-order valence-corrected chi connectivity index (χ0v) is 8.56. The van der Waals surface area contributed by atoms with Crippen LogP contribution in [-0.2, 0) is 4.79 Å². The number of rotatable bonds is 2. The van der Waals surface area contributed by atoms with Gasteiger partial charge in [0.1, 0.15) is 6.42 Å². The first-order chi connectivity index (χ1) is 6.63. The molecule has 0 aliphatic heterocycles. The number of halogens is 3. The molecule has 3 nitrogen and oxygen atoms in total. The van der Waals surface area contributed by atoms with Crippen LogP contribution in [0.2, 0.25) is 0 Å². The first-order valence-corrected chi connectivity index (χ1v) is 4.67. The molecule has 1 saturated carbocycles. The van der Waals surface area contributed by atoms with Crippen LogP contribution in [0.3, 0.4) is 0 Å². The van der Waals surface area contributed by atoms with Crippen LogP contribution in [0.4, 0.5) is 13.2 Å². The van der Waals surface area contributed by atoms with Crippen LogP contribution in [0.5, 0.6) is 0 Å². The Labute approximate surface area is 85.7 Å². The standard InChI is InChI=1S/C9H14F3NO2/c1-8(2)5(3-6(8)14)13-7(15)4-9(10,11)12/h5-6,14H,3-4H2,1-2H3,(H,13,15). The van der Waals surface area contributed by atoms with Gasteiger partial charge in [-0.25, -0.2) is 0 Å². The molecule has 0 bridgehead atoms. The van der Waals surface area contributed by atoms with Crippen molar-refractivity contribution >= 4 is 5.91 Å². The fraction of sp³-hybridized carbons (Fsp3) is 0.889. The van der Waals surface area contributed by atoms with Crippen LogP contribution < -0.4 is 5.32 Å². The lowest BCUT2D eigenvalue weighted by Gasteiger charge is -2.49. The van der Waals surface area contributed by atoms with Gasteiger partial charge in [-0.1, -0.05) is 13.8 Å². The summed E-state index contributed by atoms with van der Waals surface area (Å²) in [4.78, 5) is 10.9. The van der Waals surface area contributed by atoms with Gasteiger partial charge in [-0.3, -0.25) is 4.79 Å². The average molecular weight is 225 g/mol. The molecule has 0 radical (unpaired) electrons. The second-order valence-electron chi connectivity index (χ2n) is 4.48. The number of hydrogen-bond donors (Lipinski definition) is 2. The maximum atomic E-state index is 11.8. The second kappa shape index (κ2) is 3.66. The van der Waals surface area contributed by atoms with E-state index in [1.807, 2.05) is 0 Å². The Morgan fingerprint density at radius 2 is 2.07 bits per heavy atom. The number of amides is 1. The summed E-state index contributed by atoms with van der Waals surface area (Å²) in [6.07, 6.45) is -6.18. The summed E-state index contributed by atoms with van der Waals surface area (Å²) < 4.78 is 35.5. The molecule has 0 saturated heterocycles. The molecule has 1 aliphatic rings. The Morgan fingerprint density at radius 1 is 1.53 bits per heavy atom. The van der Waals surface area contributed by atoms with E-state index >= 15 is 0 Å². The molecular weight excluding hydrogens is 211 g/mol. The zero-order chi connectivity index (χ0) is 11.9. The Balaban J connectivity index is 2.41. The van der Waals surface area contributed by atoms with Crippen LogP contribution in [0, 0.1) is 5.41 Å². The molecule has 2 atom stereocenters. The van der Waals surface area contributed by atoms with Gasteiger partial charge in [-0.2, -0.15) is 13.2 Å². The minimum absolute atomic E-state index is 0.316. The minimum atomic E-state index is -4.48. The van der Waals surface area contributed by atoms with Crippen molar-refractivity contribution < 1.29 is 23.1 Å². The third-order valence-electron chi connectivity index (χ3n) is 2.91. The molecule has 88 valence electrons. The topological polar surface area (TPSA) is 49.3 Å². The predicted octanol–water partition coefficient (Wildman–Crippen LogP) is 1.21. The summed E-state index contributed by atoms with van der Waals surface area (Å²) in [6.45, 7) is 3.42. The van der Waals surface area contributed by atoms with Crippen molar-refractivity contribution in [3.8, 4) is 0 Å². The van der Waals surface area contributed by atoms with Crippen LogP contribution in [0.15, 0.2) is 0 Å². The summed E-state index contributed by atoms with van der Waals surface area (Å²) in [6, 6.07) is -0.373. The van der Waals surface area contributed by atoms with E-state index in [1.54, 1.807) is 13.8 Å². The molecular formula is C9H14F3NO2. The number of hydrogen-bond acceptors (Lipinski definition) is 2. The van der Waals surface area contributed by atoms with E-state index in [-0.39, 0.29) is 6.04 Å². The molecule has 0 aromatic heterocycles. The number of nitrogens with one attached hydrogen (secondary N) is 1. The summed E-state index contributed by atoms with van der Waals surface area (Å²) in [7, 11) is 0. The van der Waals surface area contributed by atoms with E-state index in [0.717, 1.165) is 0 Å². The summed E-state index contributed by atoms with van der Waals surface area (Å²) in [5, 5.41) is 11.6. The molecule has 1 fully saturated rings. The molecule has 15 heavy (non-hydrogen) atoms. The molecule has 2 unspecified atom stereocenters. The van der Waals surface area contributed by atoms with Gasteiger partial charge < -0.3 is 10.4 Å². The first kappa shape index (κ1) is 12.3. The SMILES string of the molecule is CC1(C)C(O)CC1NC(=O)CC(F)(F)F. The molecule has 0 heterocycles. The minimum Gasteiger partial charge on any atom is -0.392 e. The molecule has 1 amide bonds. The van der Waals surface area contributed by atoms with Crippen molar-refractivity contribution in [3.63, 3.8) is 0 Å². The third kappa shape index (κ3) is 2.84. The lowest BCUT2D eigenvalue weighted by molar-refractivity contribution is -0.157. The van der Waals surface area contributed by atoms with Crippen molar-refractivity contribution in [2.45, 2.75) is 45.0 Å². The summed E-state index contributed by atoms with van der Waals surface area (Å²) >= 11 is 0. The van der Waals surface area contributed by atoms with Crippen molar-refractivity contribution in [1.29, 1.82) is 0 Å². The number of alkyl halides is 3. The van der Waals surface area contributed by atoms with E-state index in [9.17, 15) is 23.1 Å². The maximum absolute atomic E-state index is 11.8. The van der Waals surface area contributed by atoms with Crippen LogP contribution >= 0.6 is 0 Å². The Morgan fingerprint density at radius 3 is 2.40 bits per heavy atom. The highest BCUT2D eigenvalue weighted by Gasteiger charge is 2.48. The van der Waals surface area contributed by atoms with Gasteiger partial charge >= 0.3 is 6.18 Å². The highest BCUT2D eigenvalue weighted by Crippen LogP contribution is 2.40. The third-order valence-corrected chi connectivity index (χ3v) is 2.91. The van der Waals surface area contributed by atoms with Crippen molar-refractivity contribution in [2.75, 3.05) is 0 Å². The molecule has 0 aromatic rings. The maximum Gasteiger partial charge on any atom is 0.397 e. The highest BCUT2D eigenvalue weighted by atomic mass is 19.4. The fourth-order valence-electron chi connectivity index (χ4n) is 1.57. The molecule has 6 heteroatoms. The summed E-state index contributed by atoms with van der Waals surface area (Å²) in [5.74, 6) is -1.03. The Hall–Kier alpha value is -0.780. The average Bonchev–Trinajstić information content (AvgIpc) is 2.00. The highest BCUT2D eigenvalue weighted by molar-refractivity contribution is 5.77. The van der Waals surface area contributed by atoms with Crippen molar-refractivity contribution in [3.05, 3.63) is 0 Å². The van der Waals surface area contributed by atoms with E-state index in [4.69, 9.17) is 0 Å². The monoisotopic (exact) mass is 225 g/mol. The van der Waals surface area contributed by atoms with E-state index in [0.29, 0.717) is 6.42 Å². The van der Waals surface area contributed by atoms with Gasteiger partial charge in [-0.05, 0) is 6.42 Å². The van der Waals surface area contributed by atoms with Crippen LogP contribution in [0.1, 0.15) is 26.7 Å². The quantitative estimate of drug-likeness (QED) is 0.742. The van der Waals surface area contributed by atoms with Crippen LogP contribution in [0.25, 0.3) is 0 Å². The van der Waals surface area contributed by atoms with E-state index in [1.165, 1.54) is 0 Å². The van der Waals surface area contributed by atoms with Gasteiger partial charge in [0.15, 0.2) is 0 Å².